The fraction of sp³-hybridized carbons (Fsp3) is 1.00. The summed E-state index contributed by atoms with van der Waals surface area (Å²) in [7, 11) is 2.31. The molecule has 1 N–H and O–H groups in total. The van der Waals surface area contributed by atoms with Crippen LogP contribution in [0.15, 0.2) is 0 Å². The van der Waals surface area contributed by atoms with Crippen LogP contribution >= 0.6 is 0 Å². The smallest absolute Gasteiger partial charge is 0.0221 e. The van der Waals surface area contributed by atoms with E-state index in [-0.39, 0.29) is 5.54 Å². The van der Waals surface area contributed by atoms with Crippen molar-refractivity contribution in [2.75, 3.05) is 33.2 Å². The molecule has 0 aromatic carbocycles. The van der Waals surface area contributed by atoms with E-state index in [1.165, 1.54) is 58.2 Å². The van der Waals surface area contributed by atoms with Gasteiger partial charge >= 0.3 is 0 Å². The molecule has 0 saturated carbocycles. The van der Waals surface area contributed by atoms with Crippen molar-refractivity contribution in [3.05, 3.63) is 0 Å². The second kappa shape index (κ2) is 7.24. The van der Waals surface area contributed by atoms with E-state index in [1.807, 2.05) is 0 Å². The van der Waals surface area contributed by atoms with Crippen LogP contribution in [0.2, 0.25) is 0 Å². The Morgan fingerprint density at radius 3 is 2.45 bits per heavy atom. The normalized spacial score (nSPS) is 30.0. The fourth-order valence-electron chi connectivity index (χ4n) is 3.67. The maximum Gasteiger partial charge on any atom is 0.0221 e. The van der Waals surface area contributed by atoms with Crippen LogP contribution in [-0.4, -0.2) is 60.6 Å². The van der Waals surface area contributed by atoms with Crippen LogP contribution in [0, 0.1) is 0 Å². The highest BCUT2D eigenvalue weighted by Gasteiger charge is 2.27. The summed E-state index contributed by atoms with van der Waals surface area (Å²) in [6.45, 7) is 11.9. The Kier molecular flexibility index (Phi) is 5.88. The predicted molar refractivity (Wildman–Crippen MR) is 87.2 cm³/mol. The van der Waals surface area contributed by atoms with Crippen molar-refractivity contribution < 1.29 is 0 Å². The standard InChI is InChI=1S/C17H35N3/c1-17(2,3)18-14-16-9-7-12-20(16)13-10-15-8-5-6-11-19(15)4/h15-16,18H,5-14H2,1-4H3. The van der Waals surface area contributed by atoms with Gasteiger partial charge in [-0.05, 0) is 79.6 Å². The molecule has 0 aromatic rings. The lowest BCUT2D eigenvalue weighted by atomic mass is 10.00. The van der Waals surface area contributed by atoms with Crippen LogP contribution in [0.5, 0.6) is 0 Å². The molecule has 0 radical (unpaired) electrons. The van der Waals surface area contributed by atoms with Crippen molar-refractivity contribution in [1.82, 2.24) is 15.1 Å². The Morgan fingerprint density at radius 2 is 1.75 bits per heavy atom. The molecule has 0 aliphatic carbocycles. The Balaban J connectivity index is 1.73. The predicted octanol–water partition coefficient (Wildman–Crippen LogP) is 2.71. The zero-order chi connectivity index (χ0) is 14.6. The molecule has 3 nitrogen and oxygen atoms in total. The Hall–Kier alpha value is -0.120. The largest absolute Gasteiger partial charge is 0.311 e. The molecule has 2 heterocycles. The summed E-state index contributed by atoms with van der Waals surface area (Å²) >= 11 is 0. The van der Waals surface area contributed by atoms with E-state index >= 15 is 0 Å². The van der Waals surface area contributed by atoms with Gasteiger partial charge in [-0.25, -0.2) is 0 Å². The van der Waals surface area contributed by atoms with E-state index in [0.717, 1.165) is 18.6 Å². The minimum Gasteiger partial charge on any atom is -0.311 e. The topological polar surface area (TPSA) is 18.5 Å². The van der Waals surface area contributed by atoms with Crippen LogP contribution in [0.3, 0.4) is 0 Å². The number of hydrogen-bond donors (Lipinski definition) is 1. The molecule has 2 aliphatic rings. The molecule has 2 atom stereocenters. The van der Waals surface area contributed by atoms with Gasteiger partial charge < -0.3 is 10.2 Å². The van der Waals surface area contributed by atoms with E-state index in [2.05, 4.69) is 42.9 Å². The summed E-state index contributed by atoms with van der Waals surface area (Å²) in [5.74, 6) is 0. The molecule has 2 unspecified atom stereocenters. The van der Waals surface area contributed by atoms with Gasteiger partial charge in [0.2, 0.25) is 0 Å². The number of rotatable bonds is 5. The number of piperidine rings is 1. The number of likely N-dealkylation sites (tertiary alicyclic amines) is 2. The van der Waals surface area contributed by atoms with Gasteiger partial charge in [0.15, 0.2) is 0 Å². The van der Waals surface area contributed by atoms with E-state index in [9.17, 15) is 0 Å². The molecule has 3 heteroatoms. The molecule has 2 rings (SSSR count). The molecule has 20 heavy (non-hydrogen) atoms. The quantitative estimate of drug-likeness (QED) is 0.836. The molecule has 0 aromatic heterocycles. The molecule has 118 valence electrons. The summed E-state index contributed by atoms with van der Waals surface area (Å²) in [6, 6.07) is 1.60. The van der Waals surface area contributed by atoms with E-state index in [4.69, 9.17) is 0 Å². The van der Waals surface area contributed by atoms with Crippen molar-refractivity contribution in [2.24, 2.45) is 0 Å². The van der Waals surface area contributed by atoms with E-state index in [1.54, 1.807) is 0 Å². The lowest BCUT2D eigenvalue weighted by Crippen LogP contribution is -2.46. The van der Waals surface area contributed by atoms with Gasteiger partial charge in [-0.2, -0.15) is 0 Å². The highest BCUT2D eigenvalue weighted by Crippen LogP contribution is 2.22. The van der Waals surface area contributed by atoms with Gasteiger partial charge in [0.25, 0.3) is 0 Å². The van der Waals surface area contributed by atoms with Crippen molar-refractivity contribution in [3.63, 3.8) is 0 Å². The average Bonchev–Trinajstić information content (AvgIpc) is 2.82. The van der Waals surface area contributed by atoms with Gasteiger partial charge in [-0.15, -0.1) is 0 Å². The molecule has 0 amide bonds. The second-order valence-corrected chi connectivity index (χ2v) is 7.88. The van der Waals surface area contributed by atoms with Crippen LogP contribution in [-0.2, 0) is 0 Å². The Morgan fingerprint density at radius 1 is 1.00 bits per heavy atom. The van der Waals surface area contributed by atoms with Gasteiger partial charge in [0, 0.05) is 24.2 Å². The van der Waals surface area contributed by atoms with Crippen molar-refractivity contribution in [2.45, 2.75) is 76.9 Å². The molecule has 2 saturated heterocycles. The van der Waals surface area contributed by atoms with Crippen LogP contribution in [0.25, 0.3) is 0 Å². The minimum atomic E-state index is 0.248. The lowest BCUT2D eigenvalue weighted by Gasteiger charge is -2.35. The first-order valence-corrected chi connectivity index (χ1v) is 8.65. The molecular formula is C17H35N3. The molecule has 2 fully saturated rings. The monoisotopic (exact) mass is 281 g/mol. The Bertz CT molecular complexity index is 284. The summed E-state index contributed by atoms with van der Waals surface area (Å²) < 4.78 is 0. The maximum absolute atomic E-state index is 3.69. The van der Waals surface area contributed by atoms with Crippen molar-refractivity contribution in [3.8, 4) is 0 Å². The zero-order valence-corrected chi connectivity index (χ0v) is 14.1. The fourth-order valence-corrected chi connectivity index (χ4v) is 3.67. The molecular weight excluding hydrogens is 246 g/mol. The van der Waals surface area contributed by atoms with Crippen molar-refractivity contribution in [1.29, 1.82) is 0 Å². The van der Waals surface area contributed by atoms with Gasteiger partial charge in [-0.3, -0.25) is 4.90 Å². The average molecular weight is 281 g/mol. The van der Waals surface area contributed by atoms with Crippen LogP contribution in [0.1, 0.15) is 59.3 Å². The zero-order valence-electron chi connectivity index (χ0n) is 14.1. The first-order chi connectivity index (χ1) is 9.46. The second-order valence-electron chi connectivity index (χ2n) is 7.88. The Labute approximate surface area is 126 Å². The van der Waals surface area contributed by atoms with Gasteiger partial charge in [0.05, 0.1) is 0 Å². The first-order valence-electron chi connectivity index (χ1n) is 8.65. The third-order valence-electron chi connectivity index (χ3n) is 5.04. The van der Waals surface area contributed by atoms with E-state index < -0.39 is 0 Å². The summed E-state index contributed by atoms with van der Waals surface area (Å²) in [4.78, 5) is 5.32. The number of hydrogen-bond acceptors (Lipinski definition) is 3. The highest BCUT2D eigenvalue weighted by molar-refractivity contribution is 4.85. The highest BCUT2D eigenvalue weighted by atomic mass is 15.2. The van der Waals surface area contributed by atoms with Crippen LogP contribution < -0.4 is 5.32 Å². The molecule has 0 spiro atoms. The van der Waals surface area contributed by atoms with Gasteiger partial charge in [-0.1, -0.05) is 6.42 Å². The van der Waals surface area contributed by atoms with Crippen molar-refractivity contribution >= 4 is 0 Å². The SMILES string of the molecule is CN1CCCCC1CCN1CCCC1CNC(C)(C)C. The maximum atomic E-state index is 3.69. The minimum absolute atomic E-state index is 0.248. The summed E-state index contributed by atoms with van der Waals surface area (Å²) in [6.07, 6.45) is 8.37. The third-order valence-corrected chi connectivity index (χ3v) is 5.04. The number of nitrogens with one attached hydrogen (secondary N) is 1. The summed E-state index contributed by atoms with van der Waals surface area (Å²) in [5, 5.41) is 3.69. The third kappa shape index (κ3) is 5.01. The lowest BCUT2D eigenvalue weighted by molar-refractivity contribution is 0.147. The van der Waals surface area contributed by atoms with Gasteiger partial charge in [0.1, 0.15) is 0 Å². The first kappa shape index (κ1) is 16.3. The molecule has 0 bridgehead atoms. The summed E-state index contributed by atoms with van der Waals surface area (Å²) in [5.41, 5.74) is 0.248. The number of nitrogens with zero attached hydrogens (tertiary/aromatic N) is 2. The van der Waals surface area contributed by atoms with E-state index in [0.29, 0.717) is 0 Å². The van der Waals surface area contributed by atoms with Crippen LogP contribution in [0.4, 0.5) is 0 Å². The molecule has 2 aliphatic heterocycles.